The Morgan fingerprint density at radius 2 is 1.86 bits per heavy atom. The van der Waals surface area contributed by atoms with Crippen molar-refractivity contribution in [1.29, 1.82) is 0 Å². The molecule has 2 aromatic rings. The lowest BCUT2D eigenvalue weighted by atomic mass is 10.1. The first-order valence-electron chi connectivity index (χ1n) is 7.41. The van der Waals surface area contributed by atoms with Crippen molar-refractivity contribution in [3.63, 3.8) is 0 Å². The monoisotopic (exact) mass is 300 g/mol. The summed E-state index contributed by atoms with van der Waals surface area (Å²) in [6.45, 7) is 3.54. The number of carbonyl (C=O) groups excluding carboxylic acids is 1. The van der Waals surface area contributed by atoms with Gasteiger partial charge in [0.1, 0.15) is 5.82 Å². The average Bonchev–Trinajstić information content (AvgIpc) is 2.51. The van der Waals surface area contributed by atoms with E-state index in [1.165, 1.54) is 17.7 Å². The Kier molecular flexibility index (Phi) is 6.10. The lowest BCUT2D eigenvalue weighted by molar-refractivity contribution is -0.120. The summed E-state index contributed by atoms with van der Waals surface area (Å²) in [4.78, 5) is 11.7. The molecule has 0 aliphatic heterocycles. The smallest absolute Gasteiger partial charge is 0.234 e. The Morgan fingerprint density at radius 1 is 1.09 bits per heavy atom. The lowest BCUT2D eigenvalue weighted by Crippen LogP contribution is -2.34. The normalized spacial score (nSPS) is 10.5. The number of halogens is 1. The van der Waals surface area contributed by atoms with E-state index in [4.69, 9.17) is 0 Å². The number of amides is 1. The maximum Gasteiger partial charge on any atom is 0.234 e. The third-order valence-corrected chi connectivity index (χ3v) is 3.36. The maximum absolute atomic E-state index is 12.8. The molecule has 0 aromatic heterocycles. The molecular weight excluding hydrogens is 279 g/mol. The largest absolute Gasteiger partial charge is 0.351 e. The van der Waals surface area contributed by atoms with Crippen molar-refractivity contribution in [3.05, 3.63) is 71.0 Å². The van der Waals surface area contributed by atoms with Gasteiger partial charge in [0, 0.05) is 6.54 Å². The molecule has 1 amide bonds. The van der Waals surface area contributed by atoms with Crippen molar-refractivity contribution in [1.82, 2.24) is 10.6 Å². The molecule has 2 rings (SSSR count). The molecule has 22 heavy (non-hydrogen) atoms. The molecule has 0 heterocycles. The molecule has 0 unspecified atom stereocenters. The summed E-state index contributed by atoms with van der Waals surface area (Å²) < 4.78 is 12.8. The minimum absolute atomic E-state index is 0.0272. The van der Waals surface area contributed by atoms with E-state index in [9.17, 15) is 9.18 Å². The van der Waals surface area contributed by atoms with Crippen LogP contribution >= 0.6 is 0 Å². The molecule has 0 radical (unpaired) electrons. The standard InChI is InChI=1S/C18H21FN2O/c1-14-3-2-4-16(11-14)12-21-18(22)13-20-10-9-15-5-7-17(19)8-6-15/h2-8,11,20H,9-10,12-13H2,1H3,(H,21,22). The van der Waals surface area contributed by atoms with Crippen molar-refractivity contribution in [2.24, 2.45) is 0 Å². The Hall–Kier alpha value is -2.20. The third kappa shape index (κ3) is 5.66. The number of benzene rings is 2. The Bertz CT molecular complexity index is 611. The second-order valence-electron chi connectivity index (χ2n) is 5.32. The van der Waals surface area contributed by atoms with Crippen LogP contribution in [0, 0.1) is 12.7 Å². The molecule has 0 aliphatic rings. The first-order chi connectivity index (χ1) is 10.6. The average molecular weight is 300 g/mol. The number of aryl methyl sites for hydroxylation is 1. The first kappa shape index (κ1) is 16.2. The first-order valence-corrected chi connectivity index (χ1v) is 7.41. The topological polar surface area (TPSA) is 41.1 Å². The van der Waals surface area contributed by atoms with Crippen LogP contribution in [0.4, 0.5) is 4.39 Å². The fraction of sp³-hybridized carbons (Fsp3) is 0.278. The van der Waals surface area contributed by atoms with Gasteiger partial charge in [-0.15, -0.1) is 0 Å². The van der Waals surface area contributed by atoms with E-state index < -0.39 is 0 Å². The van der Waals surface area contributed by atoms with E-state index >= 15 is 0 Å². The van der Waals surface area contributed by atoms with Gasteiger partial charge in [-0.25, -0.2) is 4.39 Å². The van der Waals surface area contributed by atoms with Crippen LogP contribution in [0.3, 0.4) is 0 Å². The molecule has 0 saturated heterocycles. The summed E-state index contributed by atoms with van der Waals surface area (Å²) in [5.74, 6) is -0.257. The highest BCUT2D eigenvalue weighted by Gasteiger charge is 2.01. The molecule has 0 spiro atoms. The van der Waals surface area contributed by atoms with Crippen molar-refractivity contribution in [2.45, 2.75) is 19.9 Å². The van der Waals surface area contributed by atoms with Crippen LogP contribution in [0.15, 0.2) is 48.5 Å². The van der Waals surface area contributed by atoms with E-state index in [2.05, 4.69) is 16.7 Å². The van der Waals surface area contributed by atoms with Crippen LogP contribution in [0.25, 0.3) is 0 Å². The van der Waals surface area contributed by atoms with E-state index in [1.807, 2.05) is 25.1 Å². The Balaban J connectivity index is 1.62. The number of hydrogen-bond donors (Lipinski definition) is 2. The molecular formula is C18H21FN2O. The highest BCUT2D eigenvalue weighted by atomic mass is 19.1. The van der Waals surface area contributed by atoms with Gasteiger partial charge in [-0.3, -0.25) is 4.79 Å². The zero-order valence-electron chi connectivity index (χ0n) is 12.7. The summed E-state index contributed by atoms with van der Waals surface area (Å²) in [5.41, 5.74) is 3.33. The highest BCUT2D eigenvalue weighted by Crippen LogP contribution is 2.03. The van der Waals surface area contributed by atoms with Gasteiger partial charge in [0.25, 0.3) is 0 Å². The van der Waals surface area contributed by atoms with Crippen LogP contribution in [-0.4, -0.2) is 19.0 Å². The maximum atomic E-state index is 12.8. The molecule has 0 aliphatic carbocycles. The molecule has 0 fully saturated rings. The van der Waals surface area contributed by atoms with Crippen molar-refractivity contribution in [3.8, 4) is 0 Å². The van der Waals surface area contributed by atoms with Crippen molar-refractivity contribution in [2.75, 3.05) is 13.1 Å². The zero-order valence-corrected chi connectivity index (χ0v) is 12.7. The van der Waals surface area contributed by atoms with Crippen LogP contribution in [-0.2, 0) is 17.8 Å². The van der Waals surface area contributed by atoms with E-state index in [0.29, 0.717) is 13.1 Å². The molecule has 116 valence electrons. The molecule has 2 N–H and O–H groups in total. The van der Waals surface area contributed by atoms with Crippen molar-refractivity contribution < 1.29 is 9.18 Å². The summed E-state index contributed by atoms with van der Waals surface area (Å²) >= 11 is 0. The summed E-state index contributed by atoms with van der Waals surface area (Å²) in [5, 5.41) is 5.97. The molecule has 4 heteroatoms. The van der Waals surface area contributed by atoms with Gasteiger partial charge in [-0.1, -0.05) is 42.0 Å². The molecule has 0 atom stereocenters. The van der Waals surface area contributed by atoms with E-state index in [-0.39, 0.29) is 18.3 Å². The predicted molar refractivity (Wildman–Crippen MR) is 86.0 cm³/mol. The number of rotatable bonds is 7. The van der Waals surface area contributed by atoms with Gasteiger partial charge in [0.2, 0.25) is 5.91 Å². The second kappa shape index (κ2) is 8.29. The molecule has 0 saturated carbocycles. The molecule has 3 nitrogen and oxygen atoms in total. The molecule has 0 bridgehead atoms. The summed E-state index contributed by atoms with van der Waals surface area (Å²) in [6, 6.07) is 14.5. The molecule has 2 aromatic carbocycles. The SMILES string of the molecule is Cc1cccc(CNC(=O)CNCCc2ccc(F)cc2)c1. The van der Waals surface area contributed by atoms with Crippen LogP contribution in [0.5, 0.6) is 0 Å². The number of nitrogens with one attached hydrogen (secondary N) is 2. The highest BCUT2D eigenvalue weighted by molar-refractivity contribution is 5.77. The van der Waals surface area contributed by atoms with Gasteiger partial charge >= 0.3 is 0 Å². The zero-order chi connectivity index (χ0) is 15.8. The Labute approximate surface area is 130 Å². The van der Waals surface area contributed by atoms with Gasteiger partial charge < -0.3 is 10.6 Å². The Morgan fingerprint density at radius 3 is 2.59 bits per heavy atom. The minimum atomic E-state index is -0.229. The fourth-order valence-electron chi connectivity index (χ4n) is 2.17. The minimum Gasteiger partial charge on any atom is -0.351 e. The summed E-state index contributed by atoms with van der Waals surface area (Å²) in [7, 11) is 0. The van der Waals surface area contributed by atoms with Gasteiger partial charge in [0.05, 0.1) is 6.54 Å². The quantitative estimate of drug-likeness (QED) is 0.772. The van der Waals surface area contributed by atoms with E-state index in [0.717, 1.165) is 17.5 Å². The number of hydrogen-bond acceptors (Lipinski definition) is 2. The second-order valence-corrected chi connectivity index (χ2v) is 5.32. The van der Waals surface area contributed by atoms with Crippen molar-refractivity contribution >= 4 is 5.91 Å². The number of carbonyl (C=O) groups is 1. The third-order valence-electron chi connectivity index (χ3n) is 3.36. The fourth-order valence-corrected chi connectivity index (χ4v) is 2.17. The van der Waals surface area contributed by atoms with Gasteiger partial charge in [0.15, 0.2) is 0 Å². The van der Waals surface area contributed by atoms with Crippen LogP contribution in [0.2, 0.25) is 0 Å². The van der Waals surface area contributed by atoms with Crippen LogP contribution in [0.1, 0.15) is 16.7 Å². The summed E-state index contributed by atoms with van der Waals surface area (Å²) in [6.07, 6.45) is 0.769. The lowest BCUT2D eigenvalue weighted by Gasteiger charge is -2.07. The van der Waals surface area contributed by atoms with E-state index in [1.54, 1.807) is 12.1 Å². The van der Waals surface area contributed by atoms with Crippen LogP contribution < -0.4 is 10.6 Å². The van der Waals surface area contributed by atoms with Gasteiger partial charge in [-0.05, 0) is 43.1 Å². The van der Waals surface area contributed by atoms with Gasteiger partial charge in [-0.2, -0.15) is 0 Å². The predicted octanol–water partition coefficient (Wildman–Crippen LogP) is 2.58.